The second-order valence-electron chi connectivity index (χ2n) is 5.69. The molecule has 0 bridgehead atoms. The molecule has 3 heteroatoms. The first-order valence-electron chi connectivity index (χ1n) is 6.84. The molecule has 2 saturated carbocycles. The summed E-state index contributed by atoms with van der Waals surface area (Å²) in [4.78, 5) is 2.53. The first-order valence-corrected chi connectivity index (χ1v) is 6.84. The van der Waals surface area contributed by atoms with Crippen molar-refractivity contribution < 1.29 is 9.84 Å². The van der Waals surface area contributed by atoms with Crippen molar-refractivity contribution in [3.8, 4) is 0 Å². The largest absolute Gasteiger partial charge is 0.391 e. The molecule has 1 unspecified atom stereocenters. The molecule has 1 atom stereocenters. The maximum Gasteiger partial charge on any atom is 0.0751 e. The smallest absolute Gasteiger partial charge is 0.0751 e. The van der Waals surface area contributed by atoms with Gasteiger partial charge in [-0.1, -0.05) is 12.8 Å². The fourth-order valence-electron chi connectivity index (χ4n) is 3.65. The van der Waals surface area contributed by atoms with E-state index in [1.165, 1.54) is 38.5 Å². The molecule has 1 saturated heterocycles. The van der Waals surface area contributed by atoms with Gasteiger partial charge in [0, 0.05) is 18.6 Å². The van der Waals surface area contributed by atoms with Crippen LogP contribution in [0.15, 0.2) is 0 Å². The van der Waals surface area contributed by atoms with Crippen LogP contribution >= 0.6 is 0 Å². The molecule has 0 aromatic rings. The van der Waals surface area contributed by atoms with Gasteiger partial charge in [0.25, 0.3) is 0 Å². The molecule has 3 aliphatic rings. The van der Waals surface area contributed by atoms with E-state index in [2.05, 4.69) is 4.90 Å². The maximum atomic E-state index is 10.6. The van der Waals surface area contributed by atoms with Crippen molar-refractivity contribution >= 4 is 0 Å². The molecule has 3 fully saturated rings. The van der Waals surface area contributed by atoms with Gasteiger partial charge in [-0.05, 0) is 31.6 Å². The number of hydrogen-bond donors (Lipinski definition) is 1. The highest BCUT2D eigenvalue weighted by Crippen LogP contribution is 2.46. The number of aliphatic hydroxyl groups excluding tert-OH is 1. The predicted molar refractivity (Wildman–Crippen MR) is 62.3 cm³/mol. The van der Waals surface area contributed by atoms with E-state index in [9.17, 15) is 5.11 Å². The molecule has 3 rings (SSSR count). The first-order chi connectivity index (χ1) is 7.83. The lowest BCUT2D eigenvalue weighted by Gasteiger charge is -2.46. The van der Waals surface area contributed by atoms with Crippen LogP contribution in [-0.4, -0.2) is 48.0 Å². The van der Waals surface area contributed by atoms with Crippen molar-refractivity contribution in [2.24, 2.45) is 5.92 Å². The summed E-state index contributed by atoms with van der Waals surface area (Å²) < 4.78 is 5.44. The Bertz CT molecular complexity index is 240. The predicted octanol–water partition coefficient (Wildman–Crippen LogP) is 1.40. The first kappa shape index (κ1) is 11.0. The Hall–Kier alpha value is -0.120. The zero-order valence-corrected chi connectivity index (χ0v) is 10.0. The zero-order valence-electron chi connectivity index (χ0n) is 10.0. The van der Waals surface area contributed by atoms with E-state index < -0.39 is 0 Å². The van der Waals surface area contributed by atoms with Gasteiger partial charge in [0.15, 0.2) is 0 Å². The molecule has 92 valence electrons. The Labute approximate surface area is 97.8 Å². The summed E-state index contributed by atoms with van der Waals surface area (Å²) in [7, 11) is 0. The van der Waals surface area contributed by atoms with Crippen molar-refractivity contribution in [1.82, 2.24) is 4.90 Å². The Morgan fingerprint density at radius 1 is 1.12 bits per heavy atom. The number of nitrogens with zero attached hydrogens (tertiary/aromatic N) is 1. The lowest BCUT2D eigenvalue weighted by atomic mass is 9.85. The highest BCUT2D eigenvalue weighted by molar-refractivity contribution is 5.05. The summed E-state index contributed by atoms with van der Waals surface area (Å²) >= 11 is 0. The van der Waals surface area contributed by atoms with E-state index >= 15 is 0 Å². The van der Waals surface area contributed by atoms with Crippen molar-refractivity contribution in [3.63, 3.8) is 0 Å². The number of aliphatic hydroxyl groups is 1. The summed E-state index contributed by atoms with van der Waals surface area (Å²) in [6, 6.07) is 0. The molecule has 0 radical (unpaired) electrons. The molecule has 2 aliphatic carbocycles. The Balaban J connectivity index is 1.77. The fourth-order valence-corrected chi connectivity index (χ4v) is 3.65. The third-order valence-corrected chi connectivity index (χ3v) is 4.73. The van der Waals surface area contributed by atoms with Crippen LogP contribution in [0.5, 0.6) is 0 Å². The average molecular weight is 225 g/mol. The van der Waals surface area contributed by atoms with Crippen LogP contribution in [0.25, 0.3) is 0 Å². The third kappa shape index (κ3) is 1.79. The second-order valence-corrected chi connectivity index (χ2v) is 5.69. The van der Waals surface area contributed by atoms with Gasteiger partial charge in [-0.2, -0.15) is 0 Å². The summed E-state index contributed by atoms with van der Waals surface area (Å²) in [6.45, 7) is 3.73. The molecule has 0 aromatic heterocycles. The normalized spacial score (nSPS) is 32.8. The molecule has 0 amide bonds. The molecule has 1 aliphatic heterocycles. The van der Waals surface area contributed by atoms with Gasteiger partial charge in [-0.3, -0.25) is 4.90 Å². The number of ether oxygens (including phenoxy) is 1. The monoisotopic (exact) mass is 225 g/mol. The van der Waals surface area contributed by atoms with E-state index in [4.69, 9.17) is 4.74 Å². The minimum Gasteiger partial charge on any atom is -0.391 e. The molecular weight excluding hydrogens is 202 g/mol. The van der Waals surface area contributed by atoms with Crippen LogP contribution in [0.3, 0.4) is 0 Å². The maximum absolute atomic E-state index is 10.6. The van der Waals surface area contributed by atoms with Crippen molar-refractivity contribution in [2.75, 3.05) is 26.3 Å². The standard InChI is InChI=1S/C13H23NO2/c15-12(11-3-4-11)13(5-1-2-6-13)14-7-9-16-10-8-14/h11-12,15H,1-10H2. The highest BCUT2D eigenvalue weighted by atomic mass is 16.5. The van der Waals surface area contributed by atoms with E-state index in [-0.39, 0.29) is 11.6 Å². The van der Waals surface area contributed by atoms with Crippen LogP contribution in [0.4, 0.5) is 0 Å². The molecule has 0 spiro atoms. The number of morpholine rings is 1. The molecule has 16 heavy (non-hydrogen) atoms. The summed E-state index contributed by atoms with van der Waals surface area (Å²) in [5, 5.41) is 10.6. The van der Waals surface area contributed by atoms with Crippen molar-refractivity contribution in [3.05, 3.63) is 0 Å². The summed E-state index contributed by atoms with van der Waals surface area (Å²) in [5.41, 5.74) is 0.116. The van der Waals surface area contributed by atoms with Gasteiger partial charge in [0.1, 0.15) is 0 Å². The topological polar surface area (TPSA) is 32.7 Å². The second kappa shape index (κ2) is 4.28. The zero-order chi connectivity index (χ0) is 11.0. The van der Waals surface area contributed by atoms with Crippen LogP contribution in [0, 0.1) is 5.92 Å². The SMILES string of the molecule is OC(C1CC1)C1(N2CCOCC2)CCCC1. The fraction of sp³-hybridized carbons (Fsp3) is 1.00. The minimum absolute atomic E-state index is 0.0758. The number of rotatable bonds is 3. The van der Waals surface area contributed by atoms with E-state index in [0.717, 1.165) is 26.3 Å². The minimum atomic E-state index is -0.0758. The quantitative estimate of drug-likeness (QED) is 0.788. The lowest BCUT2D eigenvalue weighted by molar-refractivity contribution is -0.0824. The molecule has 1 heterocycles. The third-order valence-electron chi connectivity index (χ3n) is 4.73. The Morgan fingerprint density at radius 2 is 1.75 bits per heavy atom. The van der Waals surface area contributed by atoms with Crippen molar-refractivity contribution in [1.29, 1.82) is 0 Å². The Kier molecular flexibility index (Phi) is 2.94. The van der Waals surface area contributed by atoms with Crippen LogP contribution in [-0.2, 0) is 4.74 Å². The van der Waals surface area contributed by atoms with Crippen LogP contribution in [0.2, 0.25) is 0 Å². The van der Waals surface area contributed by atoms with Gasteiger partial charge in [-0.25, -0.2) is 0 Å². The van der Waals surface area contributed by atoms with E-state index in [0.29, 0.717) is 5.92 Å². The molecule has 1 N–H and O–H groups in total. The van der Waals surface area contributed by atoms with Crippen LogP contribution in [0.1, 0.15) is 38.5 Å². The highest BCUT2D eigenvalue weighted by Gasteiger charge is 2.50. The molecule has 0 aromatic carbocycles. The van der Waals surface area contributed by atoms with E-state index in [1.807, 2.05) is 0 Å². The molecular formula is C13H23NO2. The van der Waals surface area contributed by atoms with Gasteiger partial charge < -0.3 is 9.84 Å². The van der Waals surface area contributed by atoms with Gasteiger partial charge >= 0.3 is 0 Å². The summed E-state index contributed by atoms with van der Waals surface area (Å²) in [5.74, 6) is 0.598. The van der Waals surface area contributed by atoms with Gasteiger partial charge in [-0.15, -0.1) is 0 Å². The van der Waals surface area contributed by atoms with Crippen molar-refractivity contribution in [2.45, 2.75) is 50.2 Å². The molecule has 3 nitrogen and oxygen atoms in total. The Morgan fingerprint density at radius 3 is 2.31 bits per heavy atom. The van der Waals surface area contributed by atoms with Gasteiger partial charge in [0.2, 0.25) is 0 Å². The van der Waals surface area contributed by atoms with Gasteiger partial charge in [0.05, 0.1) is 19.3 Å². The van der Waals surface area contributed by atoms with E-state index in [1.54, 1.807) is 0 Å². The average Bonchev–Trinajstić information content (AvgIpc) is 3.07. The summed E-state index contributed by atoms with van der Waals surface area (Å²) in [6.07, 6.45) is 7.39. The number of hydrogen-bond acceptors (Lipinski definition) is 3. The lowest BCUT2D eigenvalue weighted by Crippen LogP contribution is -2.59. The van der Waals surface area contributed by atoms with Crippen LogP contribution < -0.4 is 0 Å².